The van der Waals surface area contributed by atoms with Gasteiger partial charge in [-0.1, -0.05) is 36.4 Å². The van der Waals surface area contributed by atoms with Crippen molar-refractivity contribution in [3.63, 3.8) is 0 Å². The van der Waals surface area contributed by atoms with Crippen molar-refractivity contribution in [2.24, 2.45) is 0 Å². The number of ether oxygens (including phenoxy) is 2. The van der Waals surface area contributed by atoms with Crippen molar-refractivity contribution in [2.75, 3.05) is 26.4 Å². The fourth-order valence-electron chi connectivity index (χ4n) is 4.00. The number of rotatable bonds is 14. The average molecular weight is 565 g/mol. The normalized spacial score (nSPS) is 14.0. The smallest absolute Gasteiger partial charge is 0.411 e. The van der Waals surface area contributed by atoms with Crippen LogP contribution in [0.1, 0.15) is 22.3 Å². The first-order chi connectivity index (χ1) is 18.3. The zero-order valence-electron chi connectivity index (χ0n) is 20.8. The third-order valence-corrected chi connectivity index (χ3v) is 5.85. The lowest BCUT2D eigenvalue weighted by Crippen LogP contribution is -2.54. The highest BCUT2D eigenvalue weighted by Gasteiger charge is 2.72. The van der Waals surface area contributed by atoms with E-state index in [1.54, 1.807) is 0 Å². The van der Waals surface area contributed by atoms with Crippen LogP contribution in [0.4, 0.5) is 26.3 Å². The van der Waals surface area contributed by atoms with Gasteiger partial charge < -0.3 is 29.9 Å². The fourth-order valence-corrected chi connectivity index (χ4v) is 4.00. The number of alkyl halides is 6. The number of aliphatic hydroxyl groups excluding tert-OH is 4. The Balaban J connectivity index is 2.80. The quantitative estimate of drug-likeness (QED) is 0.205. The molecule has 0 aromatic heterocycles. The molecule has 0 aliphatic rings. The topological polar surface area (TPSA) is 99.4 Å². The second-order valence-corrected chi connectivity index (χ2v) is 8.67. The van der Waals surface area contributed by atoms with Crippen LogP contribution in [-0.2, 0) is 18.3 Å². The summed E-state index contributed by atoms with van der Waals surface area (Å²) in [5.74, 6) is -0.161. The van der Waals surface area contributed by atoms with E-state index in [4.69, 9.17) is 19.7 Å². The van der Waals surface area contributed by atoms with E-state index in [-0.39, 0.29) is 35.5 Å². The van der Waals surface area contributed by atoms with Gasteiger partial charge in [0.15, 0.2) is 0 Å². The predicted octanol–water partition coefficient (Wildman–Crippen LogP) is 4.02. The molecule has 0 saturated heterocycles. The molecule has 0 radical (unpaired) electrons. The predicted molar refractivity (Wildman–Crippen MR) is 131 cm³/mol. The molecule has 2 unspecified atom stereocenters. The maximum Gasteiger partial charge on any atom is 0.411 e. The summed E-state index contributed by atoms with van der Waals surface area (Å²) in [4.78, 5) is 0. The summed E-state index contributed by atoms with van der Waals surface area (Å²) in [6, 6.07) is 4.68. The van der Waals surface area contributed by atoms with Gasteiger partial charge in [-0.15, -0.1) is 13.2 Å². The van der Waals surface area contributed by atoms with Gasteiger partial charge >= 0.3 is 12.4 Å². The molecule has 2 atom stereocenters. The molecule has 0 aliphatic heterocycles. The standard InChI is InChI=1S/C27H30F6O6/c1-3-5-17-11-19(7-9-23(17)38-15-21(36)13-34)25(26(28,29)30,27(31,32)33)20-8-10-24(18(12-20)6-4-2)39-16-22(37)14-35/h3-4,7-12,21-22,34-37H,1-2,5-6,13-16H2. The highest BCUT2D eigenvalue weighted by atomic mass is 19.4. The van der Waals surface area contributed by atoms with Crippen molar-refractivity contribution < 1.29 is 56.2 Å². The molecule has 12 heteroatoms. The van der Waals surface area contributed by atoms with E-state index in [0.717, 1.165) is 24.3 Å². The Labute approximate surface area is 221 Å². The molecule has 0 saturated carbocycles. The Morgan fingerprint density at radius 3 is 1.33 bits per heavy atom. The Kier molecular flexibility index (Phi) is 11.0. The van der Waals surface area contributed by atoms with Gasteiger partial charge in [0.1, 0.15) is 36.9 Å². The largest absolute Gasteiger partial charge is 0.491 e. The van der Waals surface area contributed by atoms with E-state index in [0.29, 0.717) is 12.1 Å². The molecule has 4 N–H and O–H groups in total. The van der Waals surface area contributed by atoms with Crippen LogP contribution in [0.3, 0.4) is 0 Å². The molecule has 39 heavy (non-hydrogen) atoms. The molecule has 0 spiro atoms. The summed E-state index contributed by atoms with van der Waals surface area (Å²) in [5, 5.41) is 37.0. The number of aliphatic hydroxyl groups is 4. The lowest BCUT2D eigenvalue weighted by molar-refractivity contribution is -0.288. The fraction of sp³-hybridized carbons (Fsp3) is 0.407. The molecular weight excluding hydrogens is 534 g/mol. The van der Waals surface area contributed by atoms with E-state index >= 15 is 0 Å². The van der Waals surface area contributed by atoms with Crippen LogP contribution >= 0.6 is 0 Å². The van der Waals surface area contributed by atoms with Gasteiger partial charge in [0.25, 0.3) is 0 Å². The minimum absolute atomic E-state index is 0.0465. The van der Waals surface area contributed by atoms with Crippen LogP contribution in [0.2, 0.25) is 0 Å². The number of allylic oxidation sites excluding steroid dienone is 2. The number of benzene rings is 2. The zero-order chi connectivity index (χ0) is 29.4. The van der Waals surface area contributed by atoms with Crippen LogP contribution in [0, 0.1) is 0 Å². The highest BCUT2D eigenvalue weighted by Crippen LogP contribution is 2.57. The molecule has 0 bridgehead atoms. The first-order valence-electron chi connectivity index (χ1n) is 11.7. The summed E-state index contributed by atoms with van der Waals surface area (Å²) in [5.41, 5.74) is -6.80. The minimum atomic E-state index is -5.85. The summed E-state index contributed by atoms with van der Waals surface area (Å²) < 4.78 is 99.0. The molecule has 0 heterocycles. The van der Waals surface area contributed by atoms with Crippen LogP contribution in [0.25, 0.3) is 0 Å². The average Bonchev–Trinajstić information content (AvgIpc) is 2.86. The van der Waals surface area contributed by atoms with Gasteiger partial charge in [0.2, 0.25) is 5.41 Å². The van der Waals surface area contributed by atoms with Crippen LogP contribution in [-0.4, -0.2) is 71.4 Å². The van der Waals surface area contributed by atoms with Crippen molar-refractivity contribution in [1.82, 2.24) is 0 Å². The number of halogens is 6. The van der Waals surface area contributed by atoms with Crippen molar-refractivity contribution in [3.8, 4) is 11.5 Å². The summed E-state index contributed by atoms with van der Waals surface area (Å²) in [6.45, 7) is 4.77. The van der Waals surface area contributed by atoms with Gasteiger partial charge in [0.05, 0.1) is 13.2 Å². The second kappa shape index (κ2) is 13.3. The Hall–Kier alpha value is -3.06. The van der Waals surface area contributed by atoms with E-state index in [1.807, 2.05) is 0 Å². The lowest BCUT2D eigenvalue weighted by atomic mass is 9.72. The van der Waals surface area contributed by atoms with Crippen LogP contribution < -0.4 is 9.47 Å². The first kappa shape index (κ1) is 32.2. The number of hydrogen-bond acceptors (Lipinski definition) is 6. The first-order valence-corrected chi connectivity index (χ1v) is 11.7. The molecule has 0 aliphatic carbocycles. The third-order valence-electron chi connectivity index (χ3n) is 5.85. The van der Waals surface area contributed by atoms with Crippen molar-refractivity contribution in [1.29, 1.82) is 0 Å². The van der Waals surface area contributed by atoms with Crippen LogP contribution in [0.15, 0.2) is 61.7 Å². The van der Waals surface area contributed by atoms with Gasteiger partial charge in [-0.3, -0.25) is 0 Å². The van der Waals surface area contributed by atoms with Gasteiger partial charge in [-0.05, 0) is 47.2 Å². The van der Waals surface area contributed by atoms with Gasteiger partial charge in [0, 0.05) is 0 Å². The summed E-state index contributed by atoms with van der Waals surface area (Å²) in [6.07, 6.45) is -12.1. The number of hydrogen-bond donors (Lipinski definition) is 4. The SMILES string of the molecule is C=CCc1cc(C(c2ccc(OCC(O)CO)c(CC=C)c2)(C(F)(F)F)C(F)(F)F)ccc1OCC(O)CO. The molecule has 0 fully saturated rings. The third kappa shape index (κ3) is 7.13. The van der Waals surface area contributed by atoms with Gasteiger partial charge in [-0.2, -0.15) is 26.3 Å². The maximum atomic E-state index is 14.7. The molecular formula is C27H30F6O6. The maximum absolute atomic E-state index is 14.7. The molecule has 6 nitrogen and oxygen atoms in total. The molecule has 2 aromatic rings. The summed E-state index contributed by atoms with van der Waals surface area (Å²) >= 11 is 0. The highest BCUT2D eigenvalue weighted by molar-refractivity contribution is 5.52. The molecule has 2 aromatic carbocycles. The Morgan fingerprint density at radius 2 is 1.05 bits per heavy atom. The lowest BCUT2D eigenvalue weighted by Gasteiger charge is -2.39. The van der Waals surface area contributed by atoms with Crippen molar-refractivity contribution in [3.05, 3.63) is 84.0 Å². The van der Waals surface area contributed by atoms with E-state index in [9.17, 15) is 36.6 Å². The Morgan fingerprint density at radius 1 is 0.692 bits per heavy atom. The molecule has 2 rings (SSSR count). The summed E-state index contributed by atoms with van der Waals surface area (Å²) in [7, 11) is 0. The van der Waals surface area contributed by atoms with E-state index in [2.05, 4.69) is 13.2 Å². The monoisotopic (exact) mass is 564 g/mol. The second-order valence-electron chi connectivity index (χ2n) is 8.67. The minimum Gasteiger partial charge on any atom is -0.491 e. The van der Waals surface area contributed by atoms with Crippen molar-refractivity contribution >= 4 is 0 Å². The van der Waals surface area contributed by atoms with Gasteiger partial charge in [-0.25, -0.2) is 0 Å². The zero-order valence-corrected chi connectivity index (χ0v) is 20.8. The van der Waals surface area contributed by atoms with E-state index < -0.39 is 67.5 Å². The van der Waals surface area contributed by atoms with E-state index in [1.165, 1.54) is 12.2 Å². The van der Waals surface area contributed by atoms with Crippen molar-refractivity contribution in [2.45, 2.75) is 42.8 Å². The Bertz CT molecular complexity index is 1030. The molecule has 0 amide bonds. The molecule has 216 valence electrons. The van der Waals surface area contributed by atoms with Crippen LogP contribution in [0.5, 0.6) is 11.5 Å².